The highest BCUT2D eigenvalue weighted by Gasteiger charge is 2.10. The van der Waals surface area contributed by atoms with E-state index in [-0.39, 0.29) is 5.92 Å². The van der Waals surface area contributed by atoms with Crippen LogP contribution in [0, 0.1) is 26.7 Å². The summed E-state index contributed by atoms with van der Waals surface area (Å²) >= 11 is 0. The van der Waals surface area contributed by atoms with Crippen molar-refractivity contribution >= 4 is 5.97 Å². The van der Waals surface area contributed by atoms with Crippen LogP contribution in [0.4, 0.5) is 0 Å². The topological polar surface area (TPSA) is 49.3 Å². The number of aliphatic carboxylic acids is 1. The molecule has 0 aromatic heterocycles. The number of carboxylic acids is 1. The molecule has 0 aliphatic heterocycles. The molecule has 17 heavy (non-hydrogen) atoms. The molecule has 1 aromatic rings. The molecule has 0 saturated heterocycles. The summed E-state index contributed by atoms with van der Waals surface area (Å²) in [5.74, 6) is -1.10. The van der Waals surface area contributed by atoms with E-state index in [1.165, 1.54) is 22.3 Å². The molecule has 2 N–H and O–H groups in total. The molecule has 0 bridgehead atoms. The monoisotopic (exact) mass is 235 g/mol. The smallest absolute Gasteiger partial charge is 0.307 e. The van der Waals surface area contributed by atoms with Crippen LogP contribution in [0.15, 0.2) is 12.1 Å². The number of hydrogen-bond acceptors (Lipinski definition) is 2. The molecule has 1 rings (SSSR count). The second-order valence-electron chi connectivity index (χ2n) is 4.66. The summed E-state index contributed by atoms with van der Waals surface area (Å²) in [6.45, 7) is 9.27. The fraction of sp³-hybridized carbons (Fsp3) is 0.500. The molecule has 0 aliphatic rings. The van der Waals surface area contributed by atoms with Crippen LogP contribution in [0.5, 0.6) is 0 Å². The standard InChI is InChI=1S/C14H21NO2/c1-9-5-6-13(12(4)11(9)3)8-15-7-10(2)14(16)17/h5-6,10,15H,7-8H2,1-4H3,(H,16,17). The molecule has 0 fully saturated rings. The zero-order valence-corrected chi connectivity index (χ0v) is 11.0. The van der Waals surface area contributed by atoms with Gasteiger partial charge in [-0.3, -0.25) is 4.79 Å². The first-order valence-corrected chi connectivity index (χ1v) is 5.92. The van der Waals surface area contributed by atoms with Crippen molar-refractivity contribution < 1.29 is 9.90 Å². The van der Waals surface area contributed by atoms with Crippen molar-refractivity contribution in [2.75, 3.05) is 6.54 Å². The lowest BCUT2D eigenvalue weighted by Crippen LogP contribution is -2.26. The third kappa shape index (κ3) is 3.56. The van der Waals surface area contributed by atoms with Crippen LogP contribution in [0.3, 0.4) is 0 Å². The van der Waals surface area contributed by atoms with E-state index in [4.69, 9.17) is 5.11 Å². The number of benzene rings is 1. The highest BCUT2D eigenvalue weighted by atomic mass is 16.4. The van der Waals surface area contributed by atoms with Gasteiger partial charge >= 0.3 is 5.97 Å². The minimum absolute atomic E-state index is 0.346. The Morgan fingerprint density at radius 2 is 1.94 bits per heavy atom. The number of hydrogen-bond donors (Lipinski definition) is 2. The Hall–Kier alpha value is -1.35. The lowest BCUT2D eigenvalue weighted by molar-refractivity contribution is -0.140. The highest BCUT2D eigenvalue weighted by molar-refractivity contribution is 5.69. The maximum atomic E-state index is 10.7. The molecule has 3 nitrogen and oxygen atoms in total. The van der Waals surface area contributed by atoms with Gasteiger partial charge < -0.3 is 10.4 Å². The van der Waals surface area contributed by atoms with Gasteiger partial charge in [-0.25, -0.2) is 0 Å². The minimum atomic E-state index is -0.755. The molecular formula is C14H21NO2. The third-order valence-electron chi connectivity index (χ3n) is 3.36. The van der Waals surface area contributed by atoms with E-state index >= 15 is 0 Å². The molecule has 1 unspecified atom stereocenters. The average Bonchev–Trinajstić information content (AvgIpc) is 2.28. The molecule has 0 heterocycles. The number of rotatable bonds is 5. The van der Waals surface area contributed by atoms with Crippen molar-refractivity contribution in [3.05, 3.63) is 34.4 Å². The molecule has 0 saturated carbocycles. The largest absolute Gasteiger partial charge is 0.481 e. The van der Waals surface area contributed by atoms with E-state index in [1.807, 2.05) is 0 Å². The first-order valence-electron chi connectivity index (χ1n) is 5.92. The molecule has 0 aliphatic carbocycles. The number of carbonyl (C=O) groups is 1. The fourth-order valence-electron chi connectivity index (χ4n) is 1.71. The van der Waals surface area contributed by atoms with E-state index < -0.39 is 5.97 Å². The summed E-state index contributed by atoms with van der Waals surface area (Å²) < 4.78 is 0. The molecule has 1 atom stereocenters. The Kier molecular flexibility index (Phi) is 4.70. The normalized spacial score (nSPS) is 12.5. The Morgan fingerprint density at radius 3 is 2.53 bits per heavy atom. The Bertz CT molecular complexity index is 413. The van der Waals surface area contributed by atoms with Crippen LogP contribution in [0.25, 0.3) is 0 Å². The van der Waals surface area contributed by atoms with E-state index in [2.05, 4.69) is 38.2 Å². The molecular weight excluding hydrogens is 214 g/mol. The van der Waals surface area contributed by atoms with Gasteiger partial charge in [0.25, 0.3) is 0 Å². The van der Waals surface area contributed by atoms with Gasteiger partial charge in [0.05, 0.1) is 5.92 Å². The van der Waals surface area contributed by atoms with Crippen molar-refractivity contribution in [3.63, 3.8) is 0 Å². The molecule has 1 aromatic carbocycles. The van der Waals surface area contributed by atoms with E-state index in [9.17, 15) is 4.79 Å². The van der Waals surface area contributed by atoms with Gasteiger partial charge in [0.15, 0.2) is 0 Å². The van der Waals surface area contributed by atoms with Gasteiger partial charge in [-0.05, 0) is 43.0 Å². The average molecular weight is 235 g/mol. The SMILES string of the molecule is Cc1ccc(CNCC(C)C(=O)O)c(C)c1C. The summed E-state index contributed by atoms with van der Waals surface area (Å²) in [5, 5.41) is 12.0. The van der Waals surface area contributed by atoms with Gasteiger partial charge in [0.1, 0.15) is 0 Å². The van der Waals surface area contributed by atoms with Crippen molar-refractivity contribution in [3.8, 4) is 0 Å². The zero-order chi connectivity index (χ0) is 13.0. The second-order valence-corrected chi connectivity index (χ2v) is 4.66. The van der Waals surface area contributed by atoms with Crippen LogP contribution in [-0.4, -0.2) is 17.6 Å². The third-order valence-corrected chi connectivity index (χ3v) is 3.36. The number of carboxylic acid groups (broad SMARTS) is 1. The molecule has 94 valence electrons. The molecule has 3 heteroatoms. The van der Waals surface area contributed by atoms with Crippen molar-refractivity contribution in [2.45, 2.75) is 34.2 Å². The van der Waals surface area contributed by atoms with Gasteiger partial charge in [0, 0.05) is 13.1 Å². The minimum Gasteiger partial charge on any atom is -0.481 e. The summed E-state index contributed by atoms with van der Waals surface area (Å²) in [7, 11) is 0. The van der Waals surface area contributed by atoms with Gasteiger partial charge in [0.2, 0.25) is 0 Å². The number of nitrogens with one attached hydrogen (secondary N) is 1. The number of aryl methyl sites for hydroxylation is 1. The first kappa shape index (κ1) is 13.7. The Morgan fingerprint density at radius 1 is 1.29 bits per heavy atom. The Balaban J connectivity index is 2.59. The van der Waals surface area contributed by atoms with Crippen molar-refractivity contribution in [1.29, 1.82) is 0 Å². The maximum Gasteiger partial charge on any atom is 0.307 e. The summed E-state index contributed by atoms with van der Waals surface area (Å²) in [5.41, 5.74) is 5.15. The molecule has 0 radical (unpaired) electrons. The first-order chi connectivity index (χ1) is 7.93. The maximum absolute atomic E-state index is 10.7. The van der Waals surface area contributed by atoms with E-state index in [0.717, 1.165) is 6.54 Å². The van der Waals surface area contributed by atoms with Crippen molar-refractivity contribution in [2.24, 2.45) is 5.92 Å². The molecule has 0 spiro atoms. The second kappa shape index (κ2) is 5.82. The van der Waals surface area contributed by atoms with Crippen molar-refractivity contribution in [1.82, 2.24) is 5.32 Å². The van der Waals surface area contributed by atoms with Gasteiger partial charge in [-0.1, -0.05) is 19.1 Å². The summed E-state index contributed by atoms with van der Waals surface area (Å²) in [4.78, 5) is 10.7. The lowest BCUT2D eigenvalue weighted by Gasteiger charge is -2.13. The fourth-order valence-corrected chi connectivity index (χ4v) is 1.71. The lowest BCUT2D eigenvalue weighted by atomic mass is 9.99. The predicted octanol–water partition coefficient (Wildman–Crippen LogP) is 2.42. The van der Waals surface area contributed by atoms with Crippen LogP contribution in [0.2, 0.25) is 0 Å². The van der Waals surface area contributed by atoms with Crippen LogP contribution in [0.1, 0.15) is 29.2 Å². The van der Waals surface area contributed by atoms with Crippen LogP contribution in [-0.2, 0) is 11.3 Å². The van der Waals surface area contributed by atoms with Gasteiger partial charge in [-0.15, -0.1) is 0 Å². The summed E-state index contributed by atoms with van der Waals surface area (Å²) in [6.07, 6.45) is 0. The highest BCUT2D eigenvalue weighted by Crippen LogP contribution is 2.16. The zero-order valence-electron chi connectivity index (χ0n) is 11.0. The van der Waals surface area contributed by atoms with Crippen LogP contribution < -0.4 is 5.32 Å². The van der Waals surface area contributed by atoms with Crippen LogP contribution >= 0.6 is 0 Å². The van der Waals surface area contributed by atoms with E-state index in [1.54, 1.807) is 6.92 Å². The van der Waals surface area contributed by atoms with Gasteiger partial charge in [-0.2, -0.15) is 0 Å². The quantitative estimate of drug-likeness (QED) is 0.824. The summed E-state index contributed by atoms with van der Waals surface area (Å²) in [6, 6.07) is 4.22. The predicted molar refractivity (Wildman–Crippen MR) is 69.2 cm³/mol. The molecule has 0 amide bonds. The van der Waals surface area contributed by atoms with E-state index in [0.29, 0.717) is 6.54 Å². The Labute approximate surface area is 103 Å².